The average molecular weight is 393 g/mol. The molecular weight excluding hydrogens is 364 g/mol. The lowest BCUT2D eigenvalue weighted by atomic mass is 10.1. The number of nitrogens with zero attached hydrogens (tertiary/aromatic N) is 2. The summed E-state index contributed by atoms with van der Waals surface area (Å²) in [6.07, 6.45) is 1.66. The summed E-state index contributed by atoms with van der Waals surface area (Å²) in [5.74, 6) is 0.264. The van der Waals surface area contributed by atoms with Crippen molar-refractivity contribution in [1.29, 1.82) is 0 Å². The number of hydrogen-bond acceptors (Lipinski definition) is 3. The molecule has 3 rings (SSSR count). The third-order valence-corrected chi connectivity index (χ3v) is 5.05. The quantitative estimate of drug-likeness (QED) is 0.568. The van der Waals surface area contributed by atoms with E-state index < -0.39 is 0 Å². The van der Waals surface area contributed by atoms with Crippen LogP contribution in [0.4, 0.5) is 4.79 Å². The van der Waals surface area contributed by atoms with Crippen molar-refractivity contribution in [1.82, 2.24) is 20.4 Å². The normalized spacial score (nSPS) is 11.8. The van der Waals surface area contributed by atoms with Gasteiger partial charge in [-0.1, -0.05) is 30.3 Å². The summed E-state index contributed by atoms with van der Waals surface area (Å²) >= 11 is 0. The minimum Gasteiger partial charge on any atom is -0.508 e. The minimum absolute atomic E-state index is 0.0399. The van der Waals surface area contributed by atoms with Gasteiger partial charge in [-0.25, -0.2) is 9.48 Å². The molecule has 0 aliphatic carbocycles. The first kappa shape index (κ1) is 20.5. The van der Waals surface area contributed by atoms with E-state index in [9.17, 15) is 9.90 Å². The van der Waals surface area contributed by atoms with Crippen LogP contribution in [0.1, 0.15) is 35.9 Å². The molecule has 1 aromatic heterocycles. The van der Waals surface area contributed by atoms with Gasteiger partial charge in [-0.3, -0.25) is 0 Å². The second-order valence-electron chi connectivity index (χ2n) is 7.33. The highest BCUT2D eigenvalue weighted by Gasteiger charge is 2.14. The van der Waals surface area contributed by atoms with E-state index in [1.807, 2.05) is 67.9 Å². The minimum atomic E-state index is -0.186. The van der Waals surface area contributed by atoms with Gasteiger partial charge in [-0.15, -0.1) is 0 Å². The molecule has 0 saturated heterocycles. The molecule has 6 heteroatoms. The summed E-state index contributed by atoms with van der Waals surface area (Å²) < 4.78 is 1.91. The Morgan fingerprint density at radius 1 is 1.10 bits per heavy atom. The van der Waals surface area contributed by atoms with Crippen LogP contribution in [0.15, 0.2) is 54.6 Å². The second kappa shape index (κ2) is 9.28. The third kappa shape index (κ3) is 5.38. The molecule has 0 unspecified atom stereocenters. The van der Waals surface area contributed by atoms with Crippen LogP contribution < -0.4 is 10.6 Å². The Kier molecular flexibility index (Phi) is 6.54. The molecular formula is C23H28N4O2. The molecule has 0 bridgehead atoms. The van der Waals surface area contributed by atoms with Crippen molar-refractivity contribution in [3.05, 3.63) is 77.1 Å². The van der Waals surface area contributed by atoms with Crippen LogP contribution in [0.3, 0.4) is 0 Å². The maximum absolute atomic E-state index is 12.3. The van der Waals surface area contributed by atoms with Crippen molar-refractivity contribution in [2.45, 2.75) is 46.2 Å². The summed E-state index contributed by atoms with van der Waals surface area (Å²) in [6, 6.07) is 17.0. The SMILES string of the molecule is Cc1nn(-c2ccccc2)c(C)c1CNC(=O)N[C@H](C)CCc1ccc(O)cc1. The zero-order chi connectivity index (χ0) is 20.8. The van der Waals surface area contributed by atoms with Crippen LogP contribution in [0.5, 0.6) is 5.75 Å². The van der Waals surface area contributed by atoms with Crippen LogP contribution in [-0.2, 0) is 13.0 Å². The van der Waals surface area contributed by atoms with Crippen molar-refractivity contribution < 1.29 is 9.90 Å². The molecule has 6 nitrogen and oxygen atoms in total. The molecule has 3 aromatic rings. The Bertz CT molecular complexity index is 949. The topological polar surface area (TPSA) is 79.2 Å². The van der Waals surface area contributed by atoms with Gasteiger partial charge >= 0.3 is 6.03 Å². The molecule has 1 heterocycles. The highest BCUT2D eigenvalue weighted by molar-refractivity contribution is 5.74. The van der Waals surface area contributed by atoms with E-state index in [0.29, 0.717) is 6.54 Å². The van der Waals surface area contributed by atoms with E-state index in [1.54, 1.807) is 12.1 Å². The van der Waals surface area contributed by atoms with Crippen molar-refractivity contribution in [3.63, 3.8) is 0 Å². The number of aromatic nitrogens is 2. The molecule has 2 amide bonds. The largest absolute Gasteiger partial charge is 0.508 e. The maximum atomic E-state index is 12.3. The highest BCUT2D eigenvalue weighted by atomic mass is 16.3. The van der Waals surface area contributed by atoms with E-state index >= 15 is 0 Å². The van der Waals surface area contributed by atoms with Gasteiger partial charge in [0.2, 0.25) is 0 Å². The Balaban J connectivity index is 1.51. The monoisotopic (exact) mass is 392 g/mol. The number of para-hydroxylation sites is 1. The van der Waals surface area contributed by atoms with Crippen molar-refractivity contribution in [2.75, 3.05) is 0 Å². The van der Waals surface area contributed by atoms with Crippen LogP contribution in [0.25, 0.3) is 5.69 Å². The molecule has 0 aliphatic heterocycles. The number of hydrogen-bond donors (Lipinski definition) is 3. The summed E-state index contributed by atoms with van der Waals surface area (Å²) in [5, 5.41) is 19.9. The van der Waals surface area contributed by atoms with Gasteiger partial charge in [-0.05, 0) is 63.4 Å². The lowest BCUT2D eigenvalue weighted by molar-refractivity contribution is 0.237. The summed E-state index contributed by atoms with van der Waals surface area (Å²) in [6.45, 7) is 6.40. The lowest BCUT2D eigenvalue weighted by Crippen LogP contribution is -2.40. The molecule has 0 aliphatic rings. The molecule has 0 spiro atoms. The summed E-state index contributed by atoms with van der Waals surface area (Å²) in [4.78, 5) is 12.3. The lowest BCUT2D eigenvalue weighted by Gasteiger charge is -2.15. The van der Waals surface area contributed by atoms with Crippen LogP contribution in [-0.4, -0.2) is 27.0 Å². The van der Waals surface area contributed by atoms with E-state index in [2.05, 4.69) is 15.7 Å². The molecule has 0 fully saturated rings. The average Bonchev–Trinajstić information content (AvgIpc) is 3.00. The first-order valence-corrected chi connectivity index (χ1v) is 9.87. The van der Waals surface area contributed by atoms with Gasteiger partial charge in [0.05, 0.1) is 11.4 Å². The van der Waals surface area contributed by atoms with E-state index in [4.69, 9.17) is 0 Å². The number of rotatable bonds is 7. The maximum Gasteiger partial charge on any atom is 0.315 e. The predicted molar refractivity (Wildman–Crippen MR) is 114 cm³/mol. The highest BCUT2D eigenvalue weighted by Crippen LogP contribution is 2.17. The van der Waals surface area contributed by atoms with Gasteiger partial charge in [0, 0.05) is 23.8 Å². The fourth-order valence-electron chi connectivity index (χ4n) is 3.31. The Morgan fingerprint density at radius 3 is 2.48 bits per heavy atom. The van der Waals surface area contributed by atoms with E-state index in [1.165, 1.54) is 0 Å². The number of amides is 2. The van der Waals surface area contributed by atoms with Gasteiger partial charge in [-0.2, -0.15) is 5.10 Å². The molecule has 0 saturated carbocycles. The van der Waals surface area contributed by atoms with Crippen LogP contribution in [0.2, 0.25) is 0 Å². The summed E-state index contributed by atoms with van der Waals surface area (Å²) in [7, 11) is 0. The second-order valence-corrected chi connectivity index (χ2v) is 7.33. The van der Waals surface area contributed by atoms with Gasteiger partial charge in [0.25, 0.3) is 0 Å². The molecule has 152 valence electrons. The molecule has 1 atom stereocenters. The van der Waals surface area contributed by atoms with E-state index in [0.717, 1.165) is 41.0 Å². The third-order valence-electron chi connectivity index (χ3n) is 5.05. The standard InChI is InChI=1S/C23H28N4O2/c1-16(9-10-19-11-13-21(28)14-12-19)25-23(29)24-15-22-17(2)26-27(18(22)3)20-7-5-4-6-8-20/h4-8,11-14,16,28H,9-10,15H2,1-3H3,(H2,24,25,29)/t16-/m1/s1. The molecule has 3 N–H and O–H groups in total. The fourth-order valence-corrected chi connectivity index (χ4v) is 3.31. The first-order valence-electron chi connectivity index (χ1n) is 9.87. The zero-order valence-electron chi connectivity index (χ0n) is 17.1. The zero-order valence-corrected chi connectivity index (χ0v) is 17.1. The number of phenols is 1. The fraction of sp³-hybridized carbons (Fsp3) is 0.304. The van der Waals surface area contributed by atoms with Crippen molar-refractivity contribution in [2.24, 2.45) is 0 Å². The number of carbonyl (C=O) groups excluding carboxylic acids is 1. The summed E-state index contributed by atoms with van der Waals surface area (Å²) in [5.41, 5.74) is 5.10. The van der Waals surface area contributed by atoms with Crippen molar-refractivity contribution in [3.8, 4) is 11.4 Å². The van der Waals surface area contributed by atoms with Gasteiger partial charge in [0.1, 0.15) is 5.75 Å². The van der Waals surface area contributed by atoms with Crippen molar-refractivity contribution >= 4 is 6.03 Å². The number of nitrogens with one attached hydrogen (secondary N) is 2. The van der Waals surface area contributed by atoms with Gasteiger partial charge in [0.15, 0.2) is 0 Å². The van der Waals surface area contributed by atoms with Gasteiger partial charge < -0.3 is 15.7 Å². The first-order chi connectivity index (χ1) is 13.9. The molecule has 0 radical (unpaired) electrons. The number of carbonyl (C=O) groups is 1. The number of aryl methyl sites for hydroxylation is 2. The van der Waals surface area contributed by atoms with Crippen LogP contribution in [0, 0.1) is 13.8 Å². The number of urea groups is 1. The Labute approximate surface area is 171 Å². The van der Waals surface area contributed by atoms with E-state index in [-0.39, 0.29) is 17.8 Å². The molecule has 29 heavy (non-hydrogen) atoms. The van der Waals surface area contributed by atoms with Crippen LogP contribution >= 0.6 is 0 Å². The Hall–Kier alpha value is -3.28. The number of aromatic hydroxyl groups is 1. The number of benzene rings is 2. The number of phenolic OH excluding ortho intramolecular Hbond substituents is 1. The predicted octanol–water partition coefficient (Wildman–Crippen LogP) is 4.02. The smallest absolute Gasteiger partial charge is 0.315 e. The Morgan fingerprint density at radius 2 is 1.79 bits per heavy atom. The molecule has 2 aromatic carbocycles.